The summed E-state index contributed by atoms with van der Waals surface area (Å²) in [5, 5.41) is 4.17. The minimum Gasteiger partial charge on any atom is -0.333 e. The molecule has 0 saturated carbocycles. The molecular formula is C10H14N6. The van der Waals surface area contributed by atoms with E-state index in [0.29, 0.717) is 0 Å². The summed E-state index contributed by atoms with van der Waals surface area (Å²) in [7, 11) is 0. The van der Waals surface area contributed by atoms with Crippen molar-refractivity contribution < 1.29 is 0 Å². The lowest BCUT2D eigenvalue weighted by Gasteiger charge is -2.15. The van der Waals surface area contributed by atoms with Crippen LogP contribution in [0.5, 0.6) is 0 Å². The highest BCUT2D eigenvalue weighted by atomic mass is 15.4. The minimum atomic E-state index is 0.783. The van der Waals surface area contributed by atoms with Gasteiger partial charge in [0.05, 0.1) is 6.54 Å². The number of fused-ring (bicyclic) bond motifs is 1. The van der Waals surface area contributed by atoms with Crippen molar-refractivity contribution in [2.75, 3.05) is 11.4 Å². The predicted octanol–water partition coefficient (Wildman–Crippen LogP) is 0.515. The molecular weight excluding hydrogens is 204 g/mol. The minimum absolute atomic E-state index is 0.783. The smallest absolute Gasteiger partial charge is 0.205 e. The topological polar surface area (TPSA) is 51.8 Å². The fourth-order valence-electron chi connectivity index (χ4n) is 2.08. The summed E-state index contributed by atoms with van der Waals surface area (Å²) in [6.45, 7) is 5.72. The predicted molar refractivity (Wildman–Crippen MR) is 59.0 cm³/mol. The summed E-state index contributed by atoms with van der Waals surface area (Å²) in [5.41, 5.74) is 0. The lowest BCUT2D eigenvalue weighted by atomic mass is 10.5. The van der Waals surface area contributed by atoms with E-state index in [-0.39, 0.29) is 0 Å². The monoisotopic (exact) mass is 218 g/mol. The van der Waals surface area contributed by atoms with Crippen molar-refractivity contribution in [3.8, 4) is 0 Å². The van der Waals surface area contributed by atoms with Crippen LogP contribution < -0.4 is 4.90 Å². The standard InChI is InChI=1S/C10H14N6/c1-2-16-9(12-8-13-16)7-15-6-5-14-4-3-11-10(14)15/h3-4,8H,2,5-7H2,1H3. The van der Waals surface area contributed by atoms with Crippen LogP contribution in [0.2, 0.25) is 0 Å². The third-order valence-corrected chi connectivity index (χ3v) is 2.91. The molecule has 0 atom stereocenters. The number of imidazole rings is 1. The Morgan fingerprint density at radius 1 is 1.31 bits per heavy atom. The summed E-state index contributed by atoms with van der Waals surface area (Å²) < 4.78 is 4.08. The van der Waals surface area contributed by atoms with E-state index in [1.54, 1.807) is 6.33 Å². The Morgan fingerprint density at radius 3 is 3.12 bits per heavy atom. The molecule has 0 aliphatic carbocycles. The quantitative estimate of drug-likeness (QED) is 0.753. The van der Waals surface area contributed by atoms with E-state index in [1.165, 1.54) is 0 Å². The maximum atomic E-state index is 4.35. The first kappa shape index (κ1) is 9.38. The van der Waals surface area contributed by atoms with Gasteiger partial charge < -0.3 is 9.47 Å². The molecule has 1 aliphatic heterocycles. The van der Waals surface area contributed by atoms with Gasteiger partial charge in [-0.05, 0) is 6.92 Å². The fraction of sp³-hybridized carbons (Fsp3) is 0.500. The maximum Gasteiger partial charge on any atom is 0.205 e. The molecule has 0 radical (unpaired) electrons. The molecule has 0 bridgehead atoms. The average molecular weight is 218 g/mol. The van der Waals surface area contributed by atoms with Crippen molar-refractivity contribution in [2.45, 2.75) is 26.6 Å². The number of nitrogens with zero attached hydrogens (tertiary/aromatic N) is 6. The highest BCUT2D eigenvalue weighted by molar-refractivity contribution is 5.35. The Hall–Kier alpha value is -1.85. The van der Waals surface area contributed by atoms with E-state index in [0.717, 1.165) is 38.0 Å². The summed E-state index contributed by atoms with van der Waals surface area (Å²) in [6, 6.07) is 0. The molecule has 3 rings (SSSR count). The Balaban J connectivity index is 1.82. The molecule has 6 heteroatoms. The lowest BCUT2D eigenvalue weighted by molar-refractivity contribution is 0.604. The molecule has 0 spiro atoms. The second-order valence-corrected chi connectivity index (χ2v) is 3.83. The van der Waals surface area contributed by atoms with Gasteiger partial charge in [0.2, 0.25) is 5.95 Å². The first-order chi connectivity index (χ1) is 7.88. The van der Waals surface area contributed by atoms with Gasteiger partial charge in [-0.15, -0.1) is 0 Å². The van der Waals surface area contributed by atoms with Gasteiger partial charge in [-0.3, -0.25) is 0 Å². The highest BCUT2D eigenvalue weighted by Gasteiger charge is 2.21. The molecule has 0 aromatic carbocycles. The molecule has 84 valence electrons. The zero-order valence-electron chi connectivity index (χ0n) is 9.24. The van der Waals surface area contributed by atoms with Crippen molar-refractivity contribution in [2.24, 2.45) is 0 Å². The van der Waals surface area contributed by atoms with Crippen molar-refractivity contribution in [1.82, 2.24) is 24.3 Å². The molecule has 0 N–H and O–H groups in total. The molecule has 1 aliphatic rings. The van der Waals surface area contributed by atoms with Crippen molar-refractivity contribution in [1.29, 1.82) is 0 Å². The number of anilines is 1. The van der Waals surface area contributed by atoms with E-state index < -0.39 is 0 Å². The Labute approximate surface area is 93.5 Å². The normalized spacial score (nSPS) is 14.4. The zero-order valence-corrected chi connectivity index (χ0v) is 9.24. The Bertz CT molecular complexity index is 485. The Kier molecular flexibility index (Phi) is 2.12. The van der Waals surface area contributed by atoms with Gasteiger partial charge in [-0.25, -0.2) is 14.6 Å². The van der Waals surface area contributed by atoms with Gasteiger partial charge in [0.1, 0.15) is 12.2 Å². The van der Waals surface area contributed by atoms with Crippen LogP contribution in [-0.2, 0) is 19.6 Å². The molecule has 0 saturated heterocycles. The molecule has 16 heavy (non-hydrogen) atoms. The van der Waals surface area contributed by atoms with E-state index in [9.17, 15) is 0 Å². The van der Waals surface area contributed by atoms with Crippen LogP contribution in [0.25, 0.3) is 0 Å². The van der Waals surface area contributed by atoms with Gasteiger partial charge in [0, 0.05) is 32.0 Å². The average Bonchev–Trinajstić information content (AvgIpc) is 2.96. The van der Waals surface area contributed by atoms with Crippen molar-refractivity contribution >= 4 is 5.95 Å². The second kappa shape index (κ2) is 3.62. The van der Waals surface area contributed by atoms with Crippen LogP contribution >= 0.6 is 0 Å². The third-order valence-electron chi connectivity index (χ3n) is 2.91. The van der Waals surface area contributed by atoms with Crippen molar-refractivity contribution in [3.05, 3.63) is 24.5 Å². The van der Waals surface area contributed by atoms with Crippen LogP contribution in [0.15, 0.2) is 18.7 Å². The van der Waals surface area contributed by atoms with Crippen LogP contribution in [0.3, 0.4) is 0 Å². The summed E-state index contributed by atoms with van der Waals surface area (Å²) in [4.78, 5) is 10.9. The van der Waals surface area contributed by atoms with Crippen molar-refractivity contribution in [3.63, 3.8) is 0 Å². The Morgan fingerprint density at radius 2 is 2.25 bits per heavy atom. The first-order valence-corrected chi connectivity index (χ1v) is 5.51. The number of hydrogen-bond donors (Lipinski definition) is 0. The number of rotatable bonds is 3. The van der Waals surface area contributed by atoms with Crippen LogP contribution in [0.1, 0.15) is 12.7 Å². The molecule has 0 unspecified atom stereocenters. The number of aromatic nitrogens is 5. The SMILES string of the molecule is CCn1ncnc1CN1CCn2ccnc21. The lowest BCUT2D eigenvalue weighted by Crippen LogP contribution is -2.23. The van der Waals surface area contributed by atoms with E-state index in [2.05, 4.69) is 31.5 Å². The molecule has 6 nitrogen and oxygen atoms in total. The molecule has 0 fully saturated rings. The molecule has 3 heterocycles. The number of aryl methyl sites for hydroxylation is 1. The number of hydrogen-bond acceptors (Lipinski definition) is 4. The van der Waals surface area contributed by atoms with Crippen LogP contribution in [0.4, 0.5) is 5.95 Å². The molecule has 2 aromatic heterocycles. The zero-order chi connectivity index (χ0) is 11.0. The third kappa shape index (κ3) is 1.37. The maximum absolute atomic E-state index is 4.35. The van der Waals surface area contributed by atoms with Gasteiger partial charge in [0.25, 0.3) is 0 Å². The van der Waals surface area contributed by atoms with Crippen LogP contribution in [0, 0.1) is 0 Å². The van der Waals surface area contributed by atoms with Gasteiger partial charge >= 0.3 is 0 Å². The van der Waals surface area contributed by atoms with Gasteiger partial charge in [-0.1, -0.05) is 0 Å². The fourth-order valence-corrected chi connectivity index (χ4v) is 2.08. The van der Waals surface area contributed by atoms with E-state index >= 15 is 0 Å². The van der Waals surface area contributed by atoms with Gasteiger partial charge in [-0.2, -0.15) is 5.10 Å². The molecule has 0 amide bonds. The summed E-state index contributed by atoms with van der Waals surface area (Å²) in [5.74, 6) is 2.03. The summed E-state index contributed by atoms with van der Waals surface area (Å²) >= 11 is 0. The highest BCUT2D eigenvalue weighted by Crippen LogP contribution is 2.19. The van der Waals surface area contributed by atoms with E-state index in [1.807, 2.05) is 17.1 Å². The van der Waals surface area contributed by atoms with Crippen LogP contribution in [-0.4, -0.2) is 30.9 Å². The summed E-state index contributed by atoms with van der Waals surface area (Å²) in [6.07, 6.45) is 5.47. The second-order valence-electron chi connectivity index (χ2n) is 3.83. The largest absolute Gasteiger partial charge is 0.333 e. The van der Waals surface area contributed by atoms with Gasteiger partial charge in [0.15, 0.2) is 0 Å². The molecule has 2 aromatic rings. The first-order valence-electron chi connectivity index (χ1n) is 5.51. The van der Waals surface area contributed by atoms with E-state index in [4.69, 9.17) is 0 Å².